The van der Waals surface area contributed by atoms with Gasteiger partial charge in [0, 0.05) is 18.2 Å². The molecule has 0 bridgehead atoms. The van der Waals surface area contributed by atoms with E-state index in [0.717, 1.165) is 34.2 Å². The highest BCUT2D eigenvalue weighted by atomic mass is 16.6. The molecule has 3 unspecified atom stereocenters. The summed E-state index contributed by atoms with van der Waals surface area (Å²) in [5.74, 6) is -0.241. The zero-order valence-electron chi connectivity index (χ0n) is 28.4. The minimum absolute atomic E-state index is 0.241. The van der Waals surface area contributed by atoms with Gasteiger partial charge in [0.15, 0.2) is 0 Å². The fourth-order valence-electron chi connectivity index (χ4n) is 5.38. The molecule has 0 aliphatic carbocycles. The second-order valence-electron chi connectivity index (χ2n) is 13.5. The lowest BCUT2D eigenvalue weighted by Gasteiger charge is -2.39. The van der Waals surface area contributed by atoms with E-state index in [1.807, 2.05) is 100 Å². The Morgan fingerprint density at radius 2 is 1.47 bits per heavy atom. The number of carbonyl (C=O) groups excluding carboxylic acids is 3. The number of carbonyl (C=O) groups is 3. The number of hydrogen-bond donors (Lipinski definition) is 2. The van der Waals surface area contributed by atoms with E-state index in [1.165, 1.54) is 0 Å². The molecule has 0 saturated heterocycles. The van der Waals surface area contributed by atoms with Gasteiger partial charge in [-0.15, -0.1) is 0 Å². The number of nitrogens with zero attached hydrogens (tertiary/aromatic N) is 1. The molecule has 45 heavy (non-hydrogen) atoms. The molecule has 0 aliphatic rings. The highest BCUT2D eigenvalue weighted by Crippen LogP contribution is 2.32. The molecule has 3 aromatic carbocycles. The van der Waals surface area contributed by atoms with Gasteiger partial charge in [-0.25, -0.2) is 4.79 Å². The van der Waals surface area contributed by atoms with Gasteiger partial charge >= 0.3 is 6.09 Å². The first-order chi connectivity index (χ1) is 21.2. The van der Waals surface area contributed by atoms with Crippen molar-refractivity contribution in [2.45, 2.75) is 105 Å². The standard InChI is InChI=1S/C38H51N3O4/c1-25(2)19-22-29(6)41(36(43)33(24-30-16-11-10-12-17-30)40-37(44)45-38(7,8)9)34(31-23-26(3)20-21-27(31)4)35(42)39-32-18-14-13-15-28(32)5/h10-18,20-21,23,25,29,33-34H,19,22,24H2,1-9H3,(H,39,42)(H,40,44). The summed E-state index contributed by atoms with van der Waals surface area (Å²) >= 11 is 0. The lowest BCUT2D eigenvalue weighted by Crippen LogP contribution is -2.55. The van der Waals surface area contributed by atoms with Crippen molar-refractivity contribution in [3.05, 3.63) is 101 Å². The summed E-state index contributed by atoms with van der Waals surface area (Å²) in [7, 11) is 0. The fraction of sp³-hybridized carbons (Fsp3) is 0.447. The maximum Gasteiger partial charge on any atom is 0.408 e. The Hall–Kier alpha value is -4.13. The first kappa shape index (κ1) is 35.4. The molecule has 0 radical (unpaired) electrons. The topological polar surface area (TPSA) is 87.7 Å². The normalized spacial score (nSPS) is 13.5. The molecule has 3 amide bonds. The van der Waals surface area contributed by atoms with Crippen LogP contribution in [0.3, 0.4) is 0 Å². The number of rotatable bonds is 12. The third-order valence-electron chi connectivity index (χ3n) is 7.82. The summed E-state index contributed by atoms with van der Waals surface area (Å²) in [4.78, 5) is 44.3. The van der Waals surface area contributed by atoms with E-state index in [1.54, 1.807) is 25.7 Å². The van der Waals surface area contributed by atoms with E-state index in [9.17, 15) is 14.4 Å². The molecular weight excluding hydrogens is 562 g/mol. The van der Waals surface area contributed by atoms with Gasteiger partial charge in [-0.05, 0) is 95.5 Å². The van der Waals surface area contributed by atoms with E-state index in [2.05, 4.69) is 24.5 Å². The molecule has 0 saturated carbocycles. The number of alkyl carbamates (subject to hydrolysis) is 1. The highest BCUT2D eigenvalue weighted by molar-refractivity contribution is 5.99. The van der Waals surface area contributed by atoms with Crippen molar-refractivity contribution in [3.63, 3.8) is 0 Å². The zero-order chi connectivity index (χ0) is 33.3. The van der Waals surface area contributed by atoms with E-state index in [0.29, 0.717) is 18.0 Å². The second-order valence-corrected chi connectivity index (χ2v) is 13.5. The first-order valence-corrected chi connectivity index (χ1v) is 16.0. The highest BCUT2D eigenvalue weighted by Gasteiger charge is 2.39. The number of amides is 3. The fourth-order valence-corrected chi connectivity index (χ4v) is 5.38. The average Bonchev–Trinajstić information content (AvgIpc) is 2.96. The molecule has 0 aromatic heterocycles. The number of benzene rings is 3. The van der Waals surface area contributed by atoms with Crippen LogP contribution in [-0.4, -0.2) is 40.5 Å². The van der Waals surface area contributed by atoms with Crippen LogP contribution < -0.4 is 10.6 Å². The van der Waals surface area contributed by atoms with Crippen molar-refractivity contribution in [1.29, 1.82) is 0 Å². The van der Waals surface area contributed by atoms with Crippen LogP contribution in [0.1, 0.15) is 88.2 Å². The van der Waals surface area contributed by atoms with Crippen molar-refractivity contribution in [1.82, 2.24) is 10.2 Å². The van der Waals surface area contributed by atoms with Crippen LogP contribution >= 0.6 is 0 Å². The third kappa shape index (κ3) is 10.5. The van der Waals surface area contributed by atoms with E-state index in [4.69, 9.17) is 4.74 Å². The van der Waals surface area contributed by atoms with E-state index < -0.39 is 23.8 Å². The van der Waals surface area contributed by atoms with Crippen LogP contribution in [-0.2, 0) is 20.7 Å². The van der Waals surface area contributed by atoms with Crippen molar-refractivity contribution >= 4 is 23.6 Å². The lowest BCUT2D eigenvalue weighted by molar-refractivity contribution is -0.143. The molecular formula is C38H51N3O4. The molecule has 242 valence electrons. The minimum Gasteiger partial charge on any atom is -0.444 e. The van der Waals surface area contributed by atoms with Crippen molar-refractivity contribution in [3.8, 4) is 0 Å². The number of para-hydroxylation sites is 1. The van der Waals surface area contributed by atoms with Gasteiger partial charge in [0.05, 0.1) is 0 Å². The Bertz CT molecular complexity index is 1440. The van der Waals surface area contributed by atoms with Crippen LogP contribution in [0.4, 0.5) is 10.5 Å². The molecule has 0 fully saturated rings. The summed E-state index contributed by atoms with van der Waals surface area (Å²) in [6, 6.07) is 20.9. The minimum atomic E-state index is -0.970. The number of hydrogen-bond acceptors (Lipinski definition) is 4. The molecule has 2 N–H and O–H groups in total. The number of anilines is 1. The number of aryl methyl sites for hydroxylation is 3. The van der Waals surface area contributed by atoms with Crippen molar-refractivity contribution < 1.29 is 19.1 Å². The van der Waals surface area contributed by atoms with Gasteiger partial charge in [-0.1, -0.05) is 86.1 Å². The van der Waals surface area contributed by atoms with E-state index >= 15 is 0 Å². The monoisotopic (exact) mass is 613 g/mol. The molecule has 0 aliphatic heterocycles. The summed E-state index contributed by atoms with van der Waals surface area (Å²) < 4.78 is 5.59. The molecule has 7 nitrogen and oxygen atoms in total. The Labute approximate surface area is 269 Å². The largest absolute Gasteiger partial charge is 0.444 e. The number of ether oxygens (including phenoxy) is 1. The molecule has 0 heterocycles. The van der Waals surface area contributed by atoms with Crippen LogP contribution in [0.25, 0.3) is 0 Å². The SMILES string of the molecule is Cc1ccc(C)c(C(C(=O)Nc2ccccc2C)N(C(=O)C(Cc2ccccc2)NC(=O)OC(C)(C)C)C(C)CCC(C)C)c1. The Balaban J connectivity index is 2.18. The molecule has 0 spiro atoms. The van der Waals surface area contributed by atoms with Gasteiger partial charge in [0.2, 0.25) is 5.91 Å². The zero-order valence-corrected chi connectivity index (χ0v) is 28.4. The summed E-state index contributed by atoms with van der Waals surface area (Å²) in [6.45, 7) is 17.5. The van der Waals surface area contributed by atoms with Gasteiger partial charge in [-0.2, -0.15) is 0 Å². The quantitative estimate of drug-likeness (QED) is 0.216. The molecule has 3 aromatic rings. The van der Waals surface area contributed by atoms with Crippen LogP contribution in [0.2, 0.25) is 0 Å². The smallest absolute Gasteiger partial charge is 0.408 e. The van der Waals surface area contributed by atoms with E-state index in [-0.39, 0.29) is 24.3 Å². The lowest BCUT2D eigenvalue weighted by atomic mass is 9.92. The van der Waals surface area contributed by atoms with Gasteiger partial charge in [0.25, 0.3) is 5.91 Å². The van der Waals surface area contributed by atoms with Crippen molar-refractivity contribution in [2.24, 2.45) is 5.92 Å². The van der Waals surface area contributed by atoms with Crippen LogP contribution in [0.5, 0.6) is 0 Å². The maximum absolute atomic E-state index is 14.9. The van der Waals surface area contributed by atoms with Crippen molar-refractivity contribution in [2.75, 3.05) is 5.32 Å². The Morgan fingerprint density at radius 1 is 0.822 bits per heavy atom. The average molecular weight is 614 g/mol. The summed E-state index contributed by atoms with van der Waals surface area (Å²) in [5.41, 5.74) is 4.38. The molecule has 3 atom stereocenters. The molecule has 7 heteroatoms. The summed E-state index contributed by atoms with van der Waals surface area (Å²) in [5, 5.41) is 5.99. The number of nitrogens with one attached hydrogen (secondary N) is 2. The van der Waals surface area contributed by atoms with Crippen LogP contribution in [0.15, 0.2) is 72.8 Å². The maximum atomic E-state index is 14.9. The summed E-state index contributed by atoms with van der Waals surface area (Å²) in [6.07, 6.45) is 1.12. The second kappa shape index (κ2) is 15.7. The first-order valence-electron chi connectivity index (χ1n) is 16.0. The van der Waals surface area contributed by atoms with Crippen LogP contribution in [0, 0.1) is 26.7 Å². The predicted molar refractivity (Wildman–Crippen MR) is 182 cm³/mol. The Morgan fingerprint density at radius 3 is 2.09 bits per heavy atom. The predicted octanol–water partition coefficient (Wildman–Crippen LogP) is 8.08. The molecule has 3 rings (SSSR count). The third-order valence-corrected chi connectivity index (χ3v) is 7.82. The van der Waals surface area contributed by atoms with Gasteiger partial charge in [0.1, 0.15) is 17.7 Å². The van der Waals surface area contributed by atoms with Gasteiger partial charge in [-0.3, -0.25) is 9.59 Å². The Kier molecular flexibility index (Phi) is 12.4. The van der Waals surface area contributed by atoms with Gasteiger partial charge < -0.3 is 20.3 Å².